The Morgan fingerprint density at radius 3 is 2.59 bits per heavy atom. The van der Waals surface area contributed by atoms with Crippen LogP contribution in [0, 0.1) is 0 Å². The molecule has 3 rings (SSSR count). The summed E-state index contributed by atoms with van der Waals surface area (Å²) in [7, 11) is 0. The van der Waals surface area contributed by atoms with Crippen LogP contribution in [0.1, 0.15) is 16.0 Å². The van der Waals surface area contributed by atoms with Crippen LogP contribution in [0.25, 0.3) is 11.4 Å². The van der Waals surface area contributed by atoms with Gasteiger partial charge in [0.25, 0.3) is 5.56 Å². The largest absolute Gasteiger partial charge is 1.00 e. The Labute approximate surface area is 218 Å². The summed E-state index contributed by atoms with van der Waals surface area (Å²) in [5, 5.41) is 5.62. The van der Waals surface area contributed by atoms with E-state index in [1.807, 2.05) is 47.8 Å². The van der Waals surface area contributed by atoms with Crippen LogP contribution in [0.3, 0.4) is 0 Å². The van der Waals surface area contributed by atoms with Crippen molar-refractivity contribution in [3.05, 3.63) is 96.1 Å². The van der Waals surface area contributed by atoms with Crippen LogP contribution in [-0.2, 0) is 11.3 Å². The molecule has 7 nitrogen and oxygen atoms in total. The summed E-state index contributed by atoms with van der Waals surface area (Å²) in [6, 6.07) is 12.8. The molecule has 3 N–H and O–H groups in total. The van der Waals surface area contributed by atoms with Gasteiger partial charge in [-0.1, -0.05) is 41.4 Å². The van der Waals surface area contributed by atoms with Gasteiger partial charge in [0, 0.05) is 4.88 Å². The minimum absolute atomic E-state index is 0. The molecular formula is C19H15KN4O3S2. The molecule has 0 aliphatic carbocycles. The van der Waals surface area contributed by atoms with Gasteiger partial charge in [0.15, 0.2) is 0 Å². The Morgan fingerprint density at radius 1 is 1.21 bits per heavy atom. The molecule has 29 heavy (non-hydrogen) atoms. The van der Waals surface area contributed by atoms with Crippen molar-refractivity contribution in [2.75, 3.05) is 5.73 Å². The summed E-state index contributed by atoms with van der Waals surface area (Å²) in [5.74, 6) is -0.764. The van der Waals surface area contributed by atoms with Crippen molar-refractivity contribution in [3.8, 4) is 0 Å². The molecule has 0 saturated heterocycles. The normalized spacial score (nSPS) is 10.5. The fraction of sp³-hybridized carbons (Fsp3) is 0.0526. The van der Waals surface area contributed by atoms with E-state index in [1.165, 1.54) is 22.0 Å². The first-order valence-electron chi connectivity index (χ1n) is 8.14. The minimum Gasteiger partial charge on any atom is -0.613 e. The second kappa shape index (κ2) is 10.9. The first-order chi connectivity index (χ1) is 13.5. The van der Waals surface area contributed by atoms with Gasteiger partial charge < -0.3 is 15.8 Å². The molecule has 0 bridgehead atoms. The molecule has 0 radical (unpaired) electrons. The third-order valence-electron chi connectivity index (χ3n) is 3.78. The molecule has 0 spiro atoms. The van der Waals surface area contributed by atoms with Crippen molar-refractivity contribution < 1.29 is 56.2 Å². The van der Waals surface area contributed by atoms with Crippen molar-refractivity contribution in [1.29, 1.82) is 0 Å². The number of hydrogen-bond acceptors (Lipinski definition) is 6. The molecule has 1 amide bonds. The van der Waals surface area contributed by atoms with E-state index >= 15 is 0 Å². The average Bonchev–Trinajstić information content (AvgIpc) is 3.18. The molecule has 3 aromatic rings. The molecule has 0 saturated carbocycles. The number of nitrogens with one attached hydrogen (secondary N) is 1. The summed E-state index contributed by atoms with van der Waals surface area (Å²) < 4.78 is 1.18. The first kappa shape index (κ1) is 23.6. The van der Waals surface area contributed by atoms with Gasteiger partial charge in [0.2, 0.25) is 0 Å². The fourth-order valence-corrected chi connectivity index (χ4v) is 3.36. The summed E-state index contributed by atoms with van der Waals surface area (Å²) in [6.45, 7) is 0.143. The Kier molecular flexibility index (Phi) is 8.90. The van der Waals surface area contributed by atoms with Crippen molar-refractivity contribution in [3.63, 3.8) is 0 Å². The molecule has 0 atom stereocenters. The van der Waals surface area contributed by atoms with E-state index in [4.69, 9.17) is 18.0 Å². The number of nitrogen functional groups attached to an aromatic ring is 1. The van der Waals surface area contributed by atoms with Gasteiger partial charge in [0.05, 0.1) is 18.0 Å². The van der Waals surface area contributed by atoms with Gasteiger partial charge >= 0.3 is 57.1 Å². The second-order valence-electron chi connectivity index (χ2n) is 5.70. The number of carbonyl (C=O) groups excluding carboxylic acids is 1. The van der Waals surface area contributed by atoms with Crippen molar-refractivity contribution in [2.24, 2.45) is 0 Å². The Bertz CT molecular complexity index is 1150. The topological polar surface area (TPSA) is 112 Å². The zero-order chi connectivity index (χ0) is 20.1. The SMILES string of the molecule is Nc1c(C(=S)[N-]C(=O)/C=C/c2cccs2)c(=O)[nH]c(=O)n1Cc1ccccc1.[K+]. The number of thiophene rings is 1. The van der Waals surface area contributed by atoms with E-state index in [0.717, 1.165) is 10.4 Å². The number of H-pyrrole nitrogens is 1. The molecule has 0 fully saturated rings. The van der Waals surface area contributed by atoms with Gasteiger partial charge in [-0.05, 0) is 29.2 Å². The number of carbonyl (C=O) groups is 1. The predicted molar refractivity (Wildman–Crippen MR) is 115 cm³/mol. The van der Waals surface area contributed by atoms with Crippen LogP contribution in [0.15, 0.2) is 63.5 Å². The number of nitrogens with zero attached hydrogens (tertiary/aromatic N) is 2. The number of rotatable bonds is 5. The predicted octanol–water partition coefficient (Wildman–Crippen LogP) is -0.478. The van der Waals surface area contributed by atoms with Crippen molar-refractivity contribution in [1.82, 2.24) is 9.55 Å². The van der Waals surface area contributed by atoms with Gasteiger partial charge in [-0.25, -0.2) is 4.79 Å². The van der Waals surface area contributed by atoms with E-state index < -0.39 is 17.2 Å². The third-order valence-corrected chi connectivity index (χ3v) is 4.92. The maximum atomic E-state index is 12.2. The number of nitrogens with two attached hydrogens (primary N) is 1. The molecule has 10 heteroatoms. The smallest absolute Gasteiger partial charge is 0.613 e. The number of thiocarbonyl (C=S) groups is 1. The molecule has 0 unspecified atom stereocenters. The van der Waals surface area contributed by atoms with E-state index in [1.54, 1.807) is 6.08 Å². The van der Waals surface area contributed by atoms with E-state index in [-0.39, 0.29) is 74.3 Å². The Balaban J connectivity index is 0.00000300. The summed E-state index contributed by atoms with van der Waals surface area (Å²) in [5.41, 5.74) is 5.22. The molecule has 2 aromatic heterocycles. The van der Waals surface area contributed by atoms with Crippen LogP contribution in [0.4, 0.5) is 5.82 Å². The zero-order valence-electron chi connectivity index (χ0n) is 15.5. The van der Waals surface area contributed by atoms with E-state index in [2.05, 4.69) is 10.3 Å². The monoisotopic (exact) mass is 450 g/mol. The Hall–Kier alpha value is -1.66. The second-order valence-corrected chi connectivity index (χ2v) is 7.06. The Morgan fingerprint density at radius 2 is 1.93 bits per heavy atom. The number of aromatic amines is 1. The molecular weight excluding hydrogens is 435 g/mol. The number of aromatic nitrogens is 2. The van der Waals surface area contributed by atoms with Crippen LogP contribution >= 0.6 is 23.6 Å². The van der Waals surface area contributed by atoms with Crippen molar-refractivity contribution in [2.45, 2.75) is 6.54 Å². The first-order valence-corrected chi connectivity index (χ1v) is 9.42. The number of amides is 1. The fourth-order valence-electron chi connectivity index (χ4n) is 2.45. The molecule has 2 heterocycles. The molecule has 142 valence electrons. The van der Waals surface area contributed by atoms with Gasteiger partial charge in [-0.3, -0.25) is 14.3 Å². The number of benzene rings is 1. The molecule has 1 aromatic carbocycles. The average molecular weight is 451 g/mol. The van der Waals surface area contributed by atoms with Crippen LogP contribution in [0.5, 0.6) is 0 Å². The quantitative estimate of drug-likeness (QED) is 0.310. The van der Waals surface area contributed by atoms with Crippen LogP contribution in [-0.4, -0.2) is 20.4 Å². The summed E-state index contributed by atoms with van der Waals surface area (Å²) in [4.78, 5) is 39.2. The third kappa shape index (κ3) is 6.16. The summed E-state index contributed by atoms with van der Waals surface area (Å²) >= 11 is 6.58. The van der Waals surface area contributed by atoms with Crippen molar-refractivity contribution >= 4 is 46.3 Å². The standard InChI is InChI=1S/C19H16N4O3S2.K/c20-16-15(18(27)21-14(24)9-8-13-7-4-10-28-13)17(25)22-19(26)23(16)11-12-5-2-1-3-6-12;/h1-10H,11H2,(H4,20,21,22,24,25,26,27);/q;+1/p-1/b9-8+;. The number of anilines is 1. The molecule has 0 aliphatic rings. The van der Waals surface area contributed by atoms with Gasteiger partial charge in [0.1, 0.15) is 5.82 Å². The van der Waals surface area contributed by atoms with Gasteiger partial charge in [-0.15, -0.1) is 23.6 Å². The van der Waals surface area contributed by atoms with Crippen LogP contribution in [0.2, 0.25) is 0 Å². The van der Waals surface area contributed by atoms with E-state index in [9.17, 15) is 14.4 Å². The van der Waals surface area contributed by atoms with E-state index in [0.29, 0.717) is 0 Å². The number of hydrogen-bond donors (Lipinski definition) is 2. The minimum atomic E-state index is -0.782. The van der Waals surface area contributed by atoms with Crippen LogP contribution < -0.4 is 68.4 Å². The van der Waals surface area contributed by atoms with Gasteiger partial charge in [-0.2, -0.15) is 0 Å². The maximum absolute atomic E-state index is 12.2. The molecule has 0 aliphatic heterocycles. The summed E-state index contributed by atoms with van der Waals surface area (Å²) in [6.07, 6.45) is 2.85. The zero-order valence-corrected chi connectivity index (χ0v) is 20.2. The maximum Gasteiger partial charge on any atom is 1.00 e.